The van der Waals surface area contributed by atoms with Crippen molar-refractivity contribution in [2.24, 2.45) is 7.05 Å². The third-order valence-electron chi connectivity index (χ3n) is 1.53. The lowest BCUT2D eigenvalue weighted by Gasteiger charge is -2.08. The zero-order valence-electron chi connectivity index (χ0n) is 7.98. The van der Waals surface area contributed by atoms with Crippen LogP contribution in [0.2, 0.25) is 0 Å². The molecule has 8 heteroatoms. The van der Waals surface area contributed by atoms with E-state index in [1.807, 2.05) is 0 Å². The molecule has 0 unspecified atom stereocenters. The van der Waals surface area contributed by atoms with Gasteiger partial charge in [-0.3, -0.25) is 9.40 Å². The highest BCUT2D eigenvalue weighted by atomic mass is 32.2. The number of rotatable bonds is 4. The molecular weight excluding hydrogens is 206 g/mol. The molecule has 0 atom stereocenters. The molecule has 0 aliphatic carbocycles. The first-order valence-electron chi connectivity index (χ1n) is 4.01. The number of anilines is 2. The van der Waals surface area contributed by atoms with E-state index in [1.165, 1.54) is 10.9 Å². The van der Waals surface area contributed by atoms with Gasteiger partial charge in [-0.15, -0.1) is 0 Å². The van der Waals surface area contributed by atoms with Crippen LogP contribution in [0.4, 0.5) is 11.5 Å². The zero-order valence-corrected chi connectivity index (χ0v) is 8.80. The molecule has 1 aromatic heterocycles. The summed E-state index contributed by atoms with van der Waals surface area (Å²) in [6.07, 6.45) is 1.38. The van der Waals surface area contributed by atoms with E-state index < -0.39 is 10.2 Å². The Morgan fingerprint density at radius 2 is 2.29 bits per heavy atom. The van der Waals surface area contributed by atoms with E-state index in [-0.39, 0.29) is 11.5 Å². The molecule has 14 heavy (non-hydrogen) atoms. The van der Waals surface area contributed by atoms with Crippen molar-refractivity contribution in [2.75, 3.05) is 17.0 Å². The van der Waals surface area contributed by atoms with Crippen LogP contribution >= 0.6 is 0 Å². The van der Waals surface area contributed by atoms with Crippen molar-refractivity contribution in [3.05, 3.63) is 6.20 Å². The second-order valence-corrected chi connectivity index (χ2v) is 4.18. The molecule has 0 amide bonds. The van der Waals surface area contributed by atoms with Gasteiger partial charge in [0.05, 0.1) is 11.9 Å². The van der Waals surface area contributed by atoms with Gasteiger partial charge < -0.3 is 5.73 Å². The fourth-order valence-electron chi connectivity index (χ4n) is 0.933. The normalized spacial score (nSPS) is 11.6. The van der Waals surface area contributed by atoms with Gasteiger partial charge in [0.25, 0.3) is 10.2 Å². The Kier molecular flexibility index (Phi) is 2.96. The molecule has 0 fully saturated rings. The van der Waals surface area contributed by atoms with E-state index in [0.29, 0.717) is 6.54 Å². The number of aromatic nitrogens is 2. The molecule has 0 aliphatic heterocycles. The Labute approximate surface area is 82.5 Å². The molecule has 0 aromatic carbocycles. The molecule has 0 saturated carbocycles. The largest absolute Gasteiger partial charge is 0.394 e. The number of nitrogens with one attached hydrogen (secondary N) is 2. The van der Waals surface area contributed by atoms with Crippen molar-refractivity contribution in [1.29, 1.82) is 0 Å². The summed E-state index contributed by atoms with van der Waals surface area (Å²) in [5, 5.41) is 3.80. The van der Waals surface area contributed by atoms with Gasteiger partial charge in [0.1, 0.15) is 0 Å². The highest BCUT2D eigenvalue weighted by Crippen LogP contribution is 2.16. The second-order valence-electron chi connectivity index (χ2n) is 2.68. The van der Waals surface area contributed by atoms with Crippen LogP contribution in [0.15, 0.2) is 6.20 Å². The maximum Gasteiger partial charge on any atom is 0.300 e. The van der Waals surface area contributed by atoms with Gasteiger partial charge in [0, 0.05) is 13.6 Å². The molecule has 0 spiro atoms. The van der Waals surface area contributed by atoms with E-state index in [2.05, 4.69) is 14.5 Å². The van der Waals surface area contributed by atoms with Crippen molar-refractivity contribution in [2.45, 2.75) is 6.92 Å². The minimum Gasteiger partial charge on any atom is -0.394 e. The first kappa shape index (κ1) is 10.8. The zero-order chi connectivity index (χ0) is 10.8. The summed E-state index contributed by atoms with van der Waals surface area (Å²) in [5.41, 5.74) is 5.79. The molecule has 0 aliphatic rings. The smallest absolute Gasteiger partial charge is 0.300 e. The maximum atomic E-state index is 11.3. The molecule has 4 N–H and O–H groups in total. The summed E-state index contributed by atoms with van der Waals surface area (Å²) in [4.78, 5) is 0. The summed E-state index contributed by atoms with van der Waals surface area (Å²) in [6.45, 7) is 2.00. The van der Waals surface area contributed by atoms with Crippen LogP contribution in [0.25, 0.3) is 0 Å². The lowest BCUT2D eigenvalue weighted by Crippen LogP contribution is -2.30. The van der Waals surface area contributed by atoms with E-state index in [9.17, 15) is 8.42 Å². The molecule has 1 aromatic rings. The molecule has 1 heterocycles. The Bertz CT molecular complexity index is 390. The molecule has 1 rings (SSSR count). The average Bonchev–Trinajstić information content (AvgIpc) is 2.35. The summed E-state index contributed by atoms with van der Waals surface area (Å²) in [7, 11) is -1.94. The SMILES string of the molecule is CCNS(=O)(=O)Nc1c(N)cnn1C. The topological polar surface area (TPSA) is 102 Å². The highest BCUT2D eigenvalue weighted by molar-refractivity contribution is 7.90. The standard InChI is InChI=1S/C6H13N5O2S/c1-3-9-14(12,13)10-6-5(7)4-8-11(6)2/h4,9-10H,3,7H2,1-2H3. The predicted molar refractivity (Wildman–Crippen MR) is 53.8 cm³/mol. The van der Waals surface area contributed by atoms with Crippen LogP contribution in [0, 0.1) is 0 Å². The van der Waals surface area contributed by atoms with E-state index >= 15 is 0 Å². The number of hydrogen-bond acceptors (Lipinski definition) is 4. The van der Waals surface area contributed by atoms with E-state index in [0.717, 1.165) is 0 Å². The Morgan fingerprint density at radius 3 is 2.71 bits per heavy atom. The molecule has 80 valence electrons. The fourth-order valence-corrected chi connectivity index (χ4v) is 1.89. The quantitative estimate of drug-likeness (QED) is 0.621. The number of nitrogens with zero attached hydrogens (tertiary/aromatic N) is 2. The van der Waals surface area contributed by atoms with Gasteiger partial charge in [-0.1, -0.05) is 6.92 Å². The molecular formula is C6H13N5O2S. The third kappa shape index (κ3) is 2.36. The van der Waals surface area contributed by atoms with Gasteiger partial charge in [0.15, 0.2) is 5.82 Å². The van der Waals surface area contributed by atoms with Gasteiger partial charge in [0.2, 0.25) is 0 Å². The highest BCUT2D eigenvalue weighted by Gasteiger charge is 2.13. The summed E-state index contributed by atoms with van der Waals surface area (Å²) in [6, 6.07) is 0. The first-order chi connectivity index (χ1) is 6.46. The van der Waals surface area contributed by atoms with Crippen LogP contribution in [0.5, 0.6) is 0 Å². The Hall–Kier alpha value is -1.28. The van der Waals surface area contributed by atoms with Gasteiger partial charge >= 0.3 is 0 Å². The van der Waals surface area contributed by atoms with Crippen molar-refractivity contribution < 1.29 is 8.42 Å². The Balaban J connectivity index is 2.89. The number of hydrogen-bond donors (Lipinski definition) is 3. The van der Waals surface area contributed by atoms with E-state index in [4.69, 9.17) is 5.73 Å². The van der Waals surface area contributed by atoms with Crippen LogP contribution in [-0.2, 0) is 17.3 Å². The number of nitrogens with two attached hydrogens (primary N) is 1. The van der Waals surface area contributed by atoms with Crippen molar-refractivity contribution in [3.63, 3.8) is 0 Å². The minimum atomic E-state index is -3.54. The molecule has 7 nitrogen and oxygen atoms in total. The summed E-state index contributed by atoms with van der Waals surface area (Å²) < 4.78 is 28.5. The predicted octanol–water partition coefficient (Wildman–Crippen LogP) is -0.731. The maximum absolute atomic E-state index is 11.3. The second kappa shape index (κ2) is 3.84. The van der Waals surface area contributed by atoms with Crippen LogP contribution in [-0.4, -0.2) is 24.7 Å². The Morgan fingerprint density at radius 1 is 1.64 bits per heavy atom. The molecule has 0 bridgehead atoms. The summed E-state index contributed by atoms with van der Waals surface area (Å²) in [5.74, 6) is 0.256. The fraction of sp³-hybridized carbons (Fsp3) is 0.500. The summed E-state index contributed by atoms with van der Waals surface area (Å²) >= 11 is 0. The molecule has 0 radical (unpaired) electrons. The van der Waals surface area contributed by atoms with Crippen molar-refractivity contribution in [3.8, 4) is 0 Å². The van der Waals surface area contributed by atoms with Crippen LogP contribution in [0.1, 0.15) is 6.92 Å². The molecule has 0 saturated heterocycles. The van der Waals surface area contributed by atoms with Gasteiger partial charge in [-0.25, -0.2) is 0 Å². The minimum absolute atomic E-state index is 0.256. The van der Waals surface area contributed by atoms with Gasteiger partial charge in [-0.2, -0.15) is 18.2 Å². The van der Waals surface area contributed by atoms with Crippen LogP contribution < -0.4 is 15.2 Å². The first-order valence-corrected chi connectivity index (χ1v) is 5.49. The average molecular weight is 219 g/mol. The van der Waals surface area contributed by atoms with E-state index in [1.54, 1.807) is 14.0 Å². The van der Waals surface area contributed by atoms with Crippen LogP contribution in [0.3, 0.4) is 0 Å². The van der Waals surface area contributed by atoms with Gasteiger partial charge in [-0.05, 0) is 0 Å². The van der Waals surface area contributed by atoms with Crippen molar-refractivity contribution >= 4 is 21.7 Å². The number of nitrogen functional groups attached to an aromatic ring is 1. The van der Waals surface area contributed by atoms with Crippen molar-refractivity contribution in [1.82, 2.24) is 14.5 Å². The third-order valence-corrected chi connectivity index (χ3v) is 2.66. The lowest BCUT2D eigenvalue weighted by molar-refractivity contribution is 0.588. The number of aryl methyl sites for hydroxylation is 1. The lowest BCUT2D eigenvalue weighted by atomic mass is 10.5. The monoisotopic (exact) mass is 219 g/mol.